The molecule has 3 aromatic rings. The van der Waals surface area contributed by atoms with Crippen molar-refractivity contribution in [2.75, 3.05) is 18.4 Å². The van der Waals surface area contributed by atoms with E-state index in [0.29, 0.717) is 31.1 Å². The van der Waals surface area contributed by atoms with E-state index in [-0.39, 0.29) is 12.1 Å². The zero-order valence-corrected chi connectivity index (χ0v) is 17.7. The molecule has 2 atom stereocenters. The summed E-state index contributed by atoms with van der Waals surface area (Å²) in [6.45, 7) is 1.75. The van der Waals surface area contributed by atoms with Crippen molar-refractivity contribution in [1.29, 1.82) is 0 Å². The van der Waals surface area contributed by atoms with Crippen LogP contribution in [0.2, 0.25) is 0 Å². The maximum atomic E-state index is 13.5. The van der Waals surface area contributed by atoms with Crippen molar-refractivity contribution >= 4 is 11.8 Å². The molecule has 9 nitrogen and oxygen atoms in total. The Morgan fingerprint density at radius 2 is 1.82 bits per heavy atom. The van der Waals surface area contributed by atoms with Crippen LogP contribution in [0.25, 0.3) is 0 Å². The zero-order chi connectivity index (χ0) is 22.4. The van der Waals surface area contributed by atoms with E-state index in [1.54, 1.807) is 12.4 Å². The Kier molecular flexibility index (Phi) is 4.88. The standard InChI is InChI=1S/C22H22F2N8O/c23-17-5-13-3-16(4-14(13)6-18(17)24)28-22-25-8-15(9-26-22)20-7-21(30-33-20)32-2-1-12(11-32)19-10-27-31-29-19/h5-6,8-10,12,16,20H,1-4,7,11H2,(H,25,26,28)(H,27,29,31). The molecule has 170 valence electrons. The van der Waals surface area contributed by atoms with Crippen molar-refractivity contribution in [3.8, 4) is 0 Å². The molecular weight excluding hydrogens is 430 g/mol. The van der Waals surface area contributed by atoms with Crippen molar-refractivity contribution in [3.63, 3.8) is 0 Å². The number of amidine groups is 1. The van der Waals surface area contributed by atoms with Gasteiger partial charge in [0.15, 0.2) is 17.7 Å². The van der Waals surface area contributed by atoms with Crippen molar-refractivity contribution in [2.45, 2.75) is 43.7 Å². The number of likely N-dealkylation sites (tertiary alicyclic amines) is 1. The summed E-state index contributed by atoms with van der Waals surface area (Å²) in [5, 5.41) is 18.3. The minimum absolute atomic E-state index is 0.00227. The van der Waals surface area contributed by atoms with Crippen LogP contribution >= 0.6 is 0 Å². The van der Waals surface area contributed by atoms with E-state index in [9.17, 15) is 8.78 Å². The fraction of sp³-hybridized carbons (Fsp3) is 0.409. The highest BCUT2D eigenvalue weighted by molar-refractivity contribution is 5.83. The number of nitrogens with zero attached hydrogens (tertiary/aromatic N) is 6. The van der Waals surface area contributed by atoms with Crippen LogP contribution in [-0.2, 0) is 17.7 Å². The number of halogens is 2. The average molecular weight is 452 g/mol. The number of hydrogen-bond donors (Lipinski definition) is 2. The number of aromatic nitrogens is 5. The summed E-state index contributed by atoms with van der Waals surface area (Å²) >= 11 is 0. The van der Waals surface area contributed by atoms with E-state index in [4.69, 9.17) is 4.84 Å². The van der Waals surface area contributed by atoms with Gasteiger partial charge in [-0.2, -0.15) is 0 Å². The van der Waals surface area contributed by atoms with Crippen LogP contribution in [0.3, 0.4) is 0 Å². The summed E-state index contributed by atoms with van der Waals surface area (Å²) < 4.78 is 27.0. The smallest absolute Gasteiger partial charge is 0.222 e. The summed E-state index contributed by atoms with van der Waals surface area (Å²) in [6, 6.07) is 2.55. The molecule has 2 aliphatic heterocycles. The molecule has 0 amide bonds. The van der Waals surface area contributed by atoms with Crippen LogP contribution in [0.1, 0.15) is 47.2 Å². The number of H-pyrrole nitrogens is 1. The molecule has 2 aromatic heterocycles. The maximum Gasteiger partial charge on any atom is 0.222 e. The van der Waals surface area contributed by atoms with Gasteiger partial charge in [-0.3, -0.25) is 5.10 Å². The minimum Gasteiger partial charge on any atom is -0.386 e. The highest BCUT2D eigenvalue weighted by atomic mass is 19.2. The van der Waals surface area contributed by atoms with Gasteiger partial charge in [-0.05, 0) is 42.5 Å². The number of fused-ring (bicyclic) bond motifs is 1. The monoisotopic (exact) mass is 452 g/mol. The summed E-state index contributed by atoms with van der Waals surface area (Å²) in [4.78, 5) is 16.7. The first kappa shape index (κ1) is 20.0. The first-order chi connectivity index (χ1) is 16.1. The summed E-state index contributed by atoms with van der Waals surface area (Å²) in [7, 11) is 0. The Bertz CT molecular complexity index is 1150. The summed E-state index contributed by atoms with van der Waals surface area (Å²) in [5.41, 5.74) is 3.47. The van der Waals surface area contributed by atoms with Crippen LogP contribution in [-0.4, -0.2) is 55.2 Å². The van der Waals surface area contributed by atoms with Gasteiger partial charge in [-0.15, -0.1) is 5.10 Å². The Balaban J connectivity index is 1.04. The third-order valence-electron chi connectivity index (χ3n) is 6.61. The van der Waals surface area contributed by atoms with Crippen LogP contribution < -0.4 is 5.32 Å². The zero-order valence-electron chi connectivity index (χ0n) is 17.7. The van der Waals surface area contributed by atoms with Gasteiger partial charge in [0.05, 0.1) is 12.1 Å². The average Bonchev–Trinajstić information content (AvgIpc) is 3.60. The number of oxime groups is 1. The van der Waals surface area contributed by atoms with Crippen LogP contribution in [0.4, 0.5) is 14.7 Å². The largest absolute Gasteiger partial charge is 0.386 e. The third kappa shape index (κ3) is 3.87. The lowest BCUT2D eigenvalue weighted by Gasteiger charge is -2.16. The van der Waals surface area contributed by atoms with Crippen LogP contribution in [0.5, 0.6) is 0 Å². The fourth-order valence-electron chi connectivity index (χ4n) is 4.85. The molecule has 0 bridgehead atoms. The Morgan fingerprint density at radius 3 is 2.52 bits per heavy atom. The molecule has 1 aromatic carbocycles. The second-order valence-electron chi connectivity index (χ2n) is 8.76. The lowest BCUT2D eigenvalue weighted by atomic mass is 10.1. The molecule has 2 unspecified atom stereocenters. The predicted molar refractivity (Wildman–Crippen MR) is 114 cm³/mol. The van der Waals surface area contributed by atoms with Gasteiger partial charge in [0.1, 0.15) is 5.84 Å². The molecule has 0 radical (unpaired) electrons. The fourth-order valence-corrected chi connectivity index (χ4v) is 4.85. The molecule has 1 saturated heterocycles. The molecule has 33 heavy (non-hydrogen) atoms. The number of anilines is 1. The van der Waals surface area contributed by atoms with E-state index in [1.807, 2.05) is 6.20 Å². The van der Waals surface area contributed by atoms with E-state index in [1.165, 1.54) is 12.1 Å². The van der Waals surface area contributed by atoms with E-state index >= 15 is 0 Å². The molecule has 6 rings (SSSR count). The van der Waals surface area contributed by atoms with Gasteiger partial charge < -0.3 is 15.1 Å². The van der Waals surface area contributed by atoms with Gasteiger partial charge in [-0.1, -0.05) is 10.4 Å². The van der Waals surface area contributed by atoms with E-state index in [2.05, 4.69) is 40.8 Å². The number of nitrogens with one attached hydrogen (secondary N) is 2. The highest BCUT2D eigenvalue weighted by Crippen LogP contribution is 2.32. The molecule has 1 fully saturated rings. The molecule has 4 heterocycles. The quantitative estimate of drug-likeness (QED) is 0.627. The topological polar surface area (TPSA) is 104 Å². The Morgan fingerprint density at radius 1 is 1.06 bits per heavy atom. The molecule has 0 saturated carbocycles. The van der Waals surface area contributed by atoms with Crippen LogP contribution in [0.15, 0.2) is 35.9 Å². The van der Waals surface area contributed by atoms with Gasteiger partial charge >= 0.3 is 0 Å². The highest BCUT2D eigenvalue weighted by Gasteiger charge is 2.33. The number of aromatic amines is 1. The van der Waals surface area contributed by atoms with Gasteiger partial charge in [-0.25, -0.2) is 18.7 Å². The van der Waals surface area contributed by atoms with Crippen LogP contribution in [0, 0.1) is 11.6 Å². The minimum atomic E-state index is -0.809. The molecule has 0 spiro atoms. The molecule has 3 aliphatic rings. The summed E-state index contributed by atoms with van der Waals surface area (Å²) in [5.74, 6) is 0.128. The third-order valence-corrected chi connectivity index (χ3v) is 6.61. The Labute approximate surface area is 188 Å². The second kappa shape index (κ2) is 8.05. The van der Waals surface area contributed by atoms with E-state index < -0.39 is 11.6 Å². The lowest BCUT2D eigenvalue weighted by molar-refractivity contribution is 0.0850. The predicted octanol–water partition coefficient (Wildman–Crippen LogP) is 2.72. The van der Waals surface area contributed by atoms with Crippen molar-refractivity contribution in [1.82, 2.24) is 30.3 Å². The van der Waals surface area contributed by atoms with Crippen molar-refractivity contribution in [3.05, 3.63) is 64.7 Å². The van der Waals surface area contributed by atoms with E-state index in [0.717, 1.165) is 47.7 Å². The first-order valence-electron chi connectivity index (χ1n) is 11.0. The van der Waals surface area contributed by atoms with Gasteiger partial charge in [0.25, 0.3) is 0 Å². The number of benzene rings is 1. The number of hydrogen-bond acceptors (Lipinski definition) is 8. The maximum absolute atomic E-state index is 13.5. The lowest BCUT2D eigenvalue weighted by Crippen LogP contribution is -2.27. The summed E-state index contributed by atoms with van der Waals surface area (Å²) in [6.07, 6.45) is 7.97. The molecule has 11 heteroatoms. The normalized spacial score (nSPS) is 22.4. The Hall–Kier alpha value is -3.63. The first-order valence-corrected chi connectivity index (χ1v) is 11.0. The number of rotatable bonds is 4. The second-order valence-corrected chi connectivity index (χ2v) is 8.76. The van der Waals surface area contributed by atoms with Crippen molar-refractivity contribution < 1.29 is 13.6 Å². The molecule has 1 aliphatic carbocycles. The van der Waals surface area contributed by atoms with Gasteiger partial charge in [0.2, 0.25) is 5.95 Å². The van der Waals surface area contributed by atoms with Crippen molar-refractivity contribution in [2.24, 2.45) is 5.16 Å². The SMILES string of the molecule is Fc1cc2c(cc1F)CC(Nc1ncc(C3CC(N4CCC(c5c[nH]nn5)C4)=NO3)cn1)C2. The van der Waals surface area contributed by atoms with Gasteiger partial charge in [0, 0.05) is 49.2 Å². The molecule has 2 N–H and O–H groups in total. The molecular formula is C22H22F2N8O.